The van der Waals surface area contributed by atoms with E-state index in [1.807, 2.05) is 6.08 Å². The molecular formula is C26H26F6N2O5. The first kappa shape index (κ1) is 28.5. The molecule has 2 aromatic rings. The molecule has 0 spiro atoms. The van der Waals surface area contributed by atoms with Crippen LogP contribution in [0.15, 0.2) is 36.0 Å². The highest BCUT2D eigenvalue weighted by Crippen LogP contribution is 2.38. The fourth-order valence-electron chi connectivity index (χ4n) is 4.33. The van der Waals surface area contributed by atoms with Crippen LogP contribution in [-0.4, -0.2) is 59.5 Å². The van der Waals surface area contributed by atoms with E-state index in [0.717, 1.165) is 30.3 Å². The molecule has 13 heteroatoms. The van der Waals surface area contributed by atoms with Crippen molar-refractivity contribution in [3.63, 3.8) is 0 Å². The van der Waals surface area contributed by atoms with Crippen LogP contribution in [0.2, 0.25) is 0 Å². The molecule has 39 heavy (non-hydrogen) atoms. The van der Waals surface area contributed by atoms with Crippen molar-refractivity contribution in [2.45, 2.75) is 44.8 Å². The Bertz CT molecular complexity index is 1230. The maximum absolute atomic E-state index is 13.5. The van der Waals surface area contributed by atoms with E-state index in [2.05, 4.69) is 14.6 Å². The Labute approximate surface area is 220 Å². The largest absolute Gasteiger partial charge is 0.489 e. The van der Waals surface area contributed by atoms with Gasteiger partial charge in [-0.25, -0.2) is 4.98 Å². The molecule has 1 aromatic heterocycles. The number of likely N-dealkylation sites (tertiary alicyclic amines) is 1. The van der Waals surface area contributed by atoms with E-state index in [1.54, 1.807) is 18.2 Å². The Morgan fingerprint density at radius 3 is 2.69 bits per heavy atom. The van der Waals surface area contributed by atoms with Gasteiger partial charge in [-0.1, -0.05) is 0 Å². The summed E-state index contributed by atoms with van der Waals surface area (Å²) in [5, 5.41) is 9.28. The Hall–Kier alpha value is -3.48. The van der Waals surface area contributed by atoms with Gasteiger partial charge >= 0.3 is 18.3 Å². The van der Waals surface area contributed by atoms with Crippen molar-refractivity contribution >= 4 is 12.0 Å². The van der Waals surface area contributed by atoms with E-state index in [1.165, 1.54) is 0 Å². The minimum Gasteiger partial charge on any atom is -0.489 e. The van der Waals surface area contributed by atoms with Crippen LogP contribution >= 0.6 is 0 Å². The molecule has 0 radical (unpaired) electrons. The number of ether oxygens (including phenoxy) is 3. The zero-order chi connectivity index (χ0) is 28.4. The molecular weight excluding hydrogens is 534 g/mol. The number of hydrogen-bond donors (Lipinski definition) is 1. The van der Waals surface area contributed by atoms with E-state index in [0.29, 0.717) is 50.6 Å². The number of aromatic nitrogens is 1. The lowest BCUT2D eigenvalue weighted by atomic mass is 9.97. The maximum Gasteiger partial charge on any atom is 0.425 e. The van der Waals surface area contributed by atoms with Gasteiger partial charge in [-0.3, -0.25) is 9.69 Å². The number of halogens is 6. The summed E-state index contributed by atoms with van der Waals surface area (Å²) in [6.45, 7) is 2.42. The minimum absolute atomic E-state index is 0.0173. The molecule has 0 saturated carbocycles. The Morgan fingerprint density at radius 1 is 1.23 bits per heavy atom. The maximum atomic E-state index is 13.5. The van der Waals surface area contributed by atoms with Crippen molar-refractivity contribution in [3.8, 4) is 17.4 Å². The van der Waals surface area contributed by atoms with Gasteiger partial charge in [0.15, 0.2) is 6.10 Å². The number of carboxylic acid groups (broad SMARTS) is 1. The summed E-state index contributed by atoms with van der Waals surface area (Å²) in [6, 6.07) is 5.58. The highest BCUT2D eigenvalue weighted by Gasteiger charge is 2.41. The fraction of sp³-hybridized carbons (Fsp3) is 0.462. The SMILES string of the molecule is C[C@H](Oc1ncc(COc2ccc3c(c2)OCC(CN2CCC[C@@H](C(=O)O)C2)=C3)cc1C(F)(F)F)C(F)(F)F. The second-order valence-electron chi connectivity index (χ2n) is 9.49. The third-order valence-corrected chi connectivity index (χ3v) is 6.41. The van der Waals surface area contributed by atoms with Gasteiger partial charge < -0.3 is 19.3 Å². The van der Waals surface area contributed by atoms with E-state index < -0.39 is 35.9 Å². The predicted octanol–water partition coefficient (Wildman–Crippen LogP) is 5.58. The third-order valence-electron chi connectivity index (χ3n) is 6.41. The molecule has 0 unspecified atom stereocenters. The molecule has 1 saturated heterocycles. The number of alkyl halides is 6. The van der Waals surface area contributed by atoms with Crippen LogP contribution in [0.4, 0.5) is 26.3 Å². The fourth-order valence-corrected chi connectivity index (χ4v) is 4.33. The van der Waals surface area contributed by atoms with Crippen LogP contribution < -0.4 is 14.2 Å². The third kappa shape index (κ3) is 7.34. The Balaban J connectivity index is 1.41. The monoisotopic (exact) mass is 560 g/mol. The van der Waals surface area contributed by atoms with Gasteiger partial charge in [0.1, 0.15) is 30.3 Å². The average Bonchev–Trinajstić information content (AvgIpc) is 2.87. The van der Waals surface area contributed by atoms with E-state index >= 15 is 0 Å². The summed E-state index contributed by atoms with van der Waals surface area (Å²) in [5.74, 6) is -1.52. The standard InChI is InChI=1S/C26H26F6N2O5/c1-15(25(27,28)29)39-23-21(26(30,31)32)8-16(10-33-23)13-37-20-5-4-18-7-17(14-38-22(18)9-20)11-34-6-2-3-19(12-34)24(35)36/h4-5,7-10,15,19H,2-3,6,11-14H2,1H3,(H,35,36)/t15-,19+/m0/s1. The smallest absolute Gasteiger partial charge is 0.425 e. The van der Waals surface area contributed by atoms with Crippen molar-refractivity contribution in [1.82, 2.24) is 9.88 Å². The highest BCUT2D eigenvalue weighted by atomic mass is 19.4. The Morgan fingerprint density at radius 2 is 2.00 bits per heavy atom. The Kier molecular flexibility index (Phi) is 8.28. The lowest BCUT2D eigenvalue weighted by Crippen LogP contribution is -2.40. The molecule has 1 aromatic carbocycles. The summed E-state index contributed by atoms with van der Waals surface area (Å²) >= 11 is 0. The zero-order valence-electron chi connectivity index (χ0n) is 20.8. The topological polar surface area (TPSA) is 81.1 Å². The lowest BCUT2D eigenvalue weighted by Gasteiger charge is -2.32. The van der Waals surface area contributed by atoms with Gasteiger partial charge in [0.05, 0.1) is 5.92 Å². The number of carbonyl (C=O) groups is 1. The van der Waals surface area contributed by atoms with Crippen LogP contribution in [-0.2, 0) is 17.6 Å². The van der Waals surface area contributed by atoms with Gasteiger partial charge in [0.25, 0.3) is 0 Å². The average molecular weight is 560 g/mol. The van der Waals surface area contributed by atoms with Gasteiger partial charge in [-0.05, 0) is 56.2 Å². The van der Waals surface area contributed by atoms with Crippen molar-refractivity contribution in [2.24, 2.45) is 5.92 Å². The van der Waals surface area contributed by atoms with Crippen molar-refractivity contribution < 1.29 is 50.5 Å². The molecule has 212 valence electrons. The second kappa shape index (κ2) is 11.3. The number of fused-ring (bicyclic) bond motifs is 1. The summed E-state index contributed by atoms with van der Waals surface area (Å²) in [5.41, 5.74) is 0.303. The number of piperidine rings is 1. The van der Waals surface area contributed by atoms with Crippen LogP contribution in [0.25, 0.3) is 6.08 Å². The molecule has 2 atom stereocenters. The quantitative estimate of drug-likeness (QED) is 0.422. The van der Waals surface area contributed by atoms with Crippen LogP contribution in [0.3, 0.4) is 0 Å². The molecule has 2 aliphatic heterocycles. The second-order valence-corrected chi connectivity index (χ2v) is 9.49. The van der Waals surface area contributed by atoms with Crippen LogP contribution in [0, 0.1) is 5.92 Å². The summed E-state index contributed by atoms with van der Waals surface area (Å²) in [6.07, 6.45) is -7.93. The highest BCUT2D eigenvalue weighted by molar-refractivity contribution is 5.70. The number of pyridine rings is 1. The van der Waals surface area contributed by atoms with E-state index in [9.17, 15) is 36.2 Å². The number of rotatable bonds is 8. The normalized spacial score (nSPS) is 18.9. The molecule has 1 fully saturated rings. The molecule has 0 bridgehead atoms. The molecule has 2 aliphatic rings. The minimum atomic E-state index is -4.99. The molecule has 7 nitrogen and oxygen atoms in total. The van der Waals surface area contributed by atoms with Gasteiger partial charge in [-0.2, -0.15) is 26.3 Å². The summed E-state index contributed by atoms with van der Waals surface area (Å²) in [7, 11) is 0. The molecule has 1 N–H and O–H groups in total. The summed E-state index contributed by atoms with van der Waals surface area (Å²) < 4.78 is 94.5. The number of nitrogens with zero attached hydrogens (tertiary/aromatic N) is 2. The molecule has 0 amide bonds. The van der Waals surface area contributed by atoms with Crippen LogP contribution in [0.1, 0.15) is 36.5 Å². The van der Waals surface area contributed by atoms with E-state index in [4.69, 9.17) is 9.47 Å². The number of hydrogen-bond acceptors (Lipinski definition) is 6. The summed E-state index contributed by atoms with van der Waals surface area (Å²) in [4.78, 5) is 16.9. The van der Waals surface area contributed by atoms with Crippen molar-refractivity contribution in [2.75, 3.05) is 26.2 Å². The first-order valence-electron chi connectivity index (χ1n) is 12.1. The zero-order valence-corrected chi connectivity index (χ0v) is 20.8. The molecule has 0 aliphatic carbocycles. The van der Waals surface area contributed by atoms with Crippen molar-refractivity contribution in [1.29, 1.82) is 0 Å². The van der Waals surface area contributed by atoms with Gasteiger partial charge in [0.2, 0.25) is 5.88 Å². The van der Waals surface area contributed by atoms with Crippen LogP contribution in [0.5, 0.6) is 17.4 Å². The van der Waals surface area contributed by atoms with Crippen molar-refractivity contribution in [3.05, 3.63) is 52.7 Å². The van der Waals surface area contributed by atoms with E-state index in [-0.39, 0.29) is 18.1 Å². The molecule has 3 heterocycles. The van der Waals surface area contributed by atoms with Gasteiger partial charge in [0, 0.05) is 36.5 Å². The number of carboxylic acids is 1. The first-order chi connectivity index (χ1) is 18.3. The number of benzene rings is 1. The first-order valence-corrected chi connectivity index (χ1v) is 12.1. The lowest BCUT2D eigenvalue weighted by molar-refractivity contribution is -0.192. The molecule has 4 rings (SSSR count). The van der Waals surface area contributed by atoms with Gasteiger partial charge in [-0.15, -0.1) is 0 Å². The number of aliphatic carboxylic acids is 1. The predicted molar refractivity (Wildman–Crippen MR) is 126 cm³/mol.